The molecule has 1 aliphatic rings. The van der Waals surface area contributed by atoms with Crippen LogP contribution < -0.4 is 5.32 Å². The van der Waals surface area contributed by atoms with Crippen molar-refractivity contribution in [2.75, 3.05) is 0 Å². The Kier molecular flexibility index (Phi) is 3.35. The number of nitrogens with zero attached hydrogens (tertiary/aromatic N) is 2. The Labute approximate surface area is 119 Å². The molecule has 110 valence electrons. The predicted octanol–water partition coefficient (Wildman–Crippen LogP) is 0.724. The van der Waals surface area contributed by atoms with Gasteiger partial charge in [0.2, 0.25) is 0 Å². The van der Waals surface area contributed by atoms with E-state index in [0.29, 0.717) is 5.69 Å². The molecule has 0 spiro atoms. The van der Waals surface area contributed by atoms with Gasteiger partial charge < -0.3 is 24.7 Å². The second-order valence-corrected chi connectivity index (χ2v) is 4.80. The Morgan fingerprint density at radius 2 is 2.43 bits per heavy atom. The van der Waals surface area contributed by atoms with E-state index < -0.39 is 18.0 Å². The smallest absolute Gasteiger partial charge is 0.326 e. The molecular weight excluding hydrogens is 276 g/mol. The van der Waals surface area contributed by atoms with Crippen molar-refractivity contribution in [3.63, 3.8) is 0 Å². The molecule has 2 aromatic heterocycles. The molecule has 0 saturated carbocycles. The highest BCUT2D eigenvalue weighted by Gasteiger charge is 2.35. The van der Waals surface area contributed by atoms with Crippen molar-refractivity contribution in [1.82, 2.24) is 20.2 Å². The molecule has 0 aliphatic carbocycles. The van der Waals surface area contributed by atoms with Crippen LogP contribution in [0.15, 0.2) is 29.3 Å². The summed E-state index contributed by atoms with van der Waals surface area (Å²) in [4.78, 5) is 31.9. The zero-order valence-corrected chi connectivity index (χ0v) is 11.1. The van der Waals surface area contributed by atoms with Crippen LogP contribution in [0.25, 0.3) is 0 Å². The van der Waals surface area contributed by atoms with Crippen molar-refractivity contribution < 1.29 is 19.1 Å². The van der Waals surface area contributed by atoms with Crippen LogP contribution in [0.2, 0.25) is 0 Å². The molecule has 8 heteroatoms. The molecule has 1 aliphatic heterocycles. The topological polar surface area (TPSA) is 111 Å². The third-order valence-electron chi connectivity index (χ3n) is 3.47. The van der Waals surface area contributed by atoms with E-state index in [2.05, 4.69) is 15.3 Å². The number of carboxylic acid groups (broad SMARTS) is 1. The van der Waals surface area contributed by atoms with Gasteiger partial charge >= 0.3 is 12.0 Å². The Hall–Kier alpha value is -2.77. The van der Waals surface area contributed by atoms with Gasteiger partial charge in [-0.2, -0.15) is 0 Å². The Morgan fingerprint density at radius 3 is 3.14 bits per heavy atom. The molecule has 21 heavy (non-hydrogen) atoms. The summed E-state index contributed by atoms with van der Waals surface area (Å²) >= 11 is 0. The van der Waals surface area contributed by atoms with Gasteiger partial charge in [0.1, 0.15) is 6.04 Å². The summed E-state index contributed by atoms with van der Waals surface area (Å²) in [5, 5.41) is 12.0. The summed E-state index contributed by atoms with van der Waals surface area (Å²) in [5.41, 5.74) is 2.28. The van der Waals surface area contributed by atoms with Crippen molar-refractivity contribution >= 4 is 12.0 Å². The maximum Gasteiger partial charge on any atom is 0.326 e. The third kappa shape index (κ3) is 2.60. The molecule has 0 fully saturated rings. The van der Waals surface area contributed by atoms with E-state index in [-0.39, 0.29) is 19.5 Å². The number of H-pyrrole nitrogens is 1. The van der Waals surface area contributed by atoms with Crippen LogP contribution in [0.4, 0.5) is 4.79 Å². The van der Waals surface area contributed by atoms with Gasteiger partial charge in [-0.1, -0.05) is 0 Å². The number of rotatable bonds is 3. The van der Waals surface area contributed by atoms with E-state index >= 15 is 0 Å². The second-order valence-electron chi connectivity index (χ2n) is 4.80. The van der Waals surface area contributed by atoms with Gasteiger partial charge in [-0.05, 0) is 6.07 Å². The number of hydrogen-bond donors (Lipinski definition) is 3. The standard InChI is InChI=1S/C13H14N4O4/c18-12(19)11-3-9-10(16-7-15-9)5-17(11)13(20)14-4-8-1-2-21-6-8/h1-2,6-7,11H,3-5H2,(H,14,20)(H,15,16)(H,18,19). The maximum atomic E-state index is 12.2. The highest BCUT2D eigenvalue weighted by molar-refractivity contribution is 5.83. The van der Waals surface area contributed by atoms with Crippen LogP contribution in [0.3, 0.4) is 0 Å². The monoisotopic (exact) mass is 290 g/mol. The maximum absolute atomic E-state index is 12.2. The van der Waals surface area contributed by atoms with Crippen LogP contribution in [0.1, 0.15) is 17.0 Å². The van der Waals surface area contributed by atoms with Crippen molar-refractivity contribution in [3.8, 4) is 0 Å². The Bertz CT molecular complexity index is 649. The van der Waals surface area contributed by atoms with E-state index in [9.17, 15) is 14.7 Å². The molecule has 0 bridgehead atoms. The minimum Gasteiger partial charge on any atom is -0.480 e. The van der Waals surface area contributed by atoms with E-state index in [1.165, 1.54) is 23.8 Å². The average Bonchev–Trinajstić information content (AvgIpc) is 3.13. The normalized spacial score (nSPS) is 17.3. The number of nitrogens with one attached hydrogen (secondary N) is 2. The Morgan fingerprint density at radius 1 is 1.57 bits per heavy atom. The molecule has 2 aromatic rings. The zero-order valence-electron chi connectivity index (χ0n) is 11.1. The van der Waals surface area contributed by atoms with Crippen LogP contribution in [0, 0.1) is 0 Å². The van der Waals surface area contributed by atoms with E-state index in [1.807, 2.05) is 0 Å². The fourth-order valence-corrected chi connectivity index (χ4v) is 2.34. The summed E-state index contributed by atoms with van der Waals surface area (Å²) in [6, 6.07) is 0.395. The van der Waals surface area contributed by atoms with Gasteiger partial charge in [0.25, 0.3) is 0 Å². The highest BCUT2D eigenvalue weighted by atomic mass is 16.4. The van der Waals surface area contributed by atoms with Crippen molar-refractivity contribution in [2.24, 2.45) is 0 Å². The summed E-state index contributed by atoms with van der Waals surface area (Å²) in [5.74, 6) is -1.04. The molecule has 0 saturated heterocycles. The number of carboxylic acids is 1. The predicted molar refractivity (Wildman–Crippen MR) is 70.2 cm³/mol. The number of furan rings is 1. The van der Waals surface area contributed by atoms with Crippen LogP contribution in [-0.2, 0) is 24.3 Å². The van der Waals surface area contributed by atoms with Gasteiger partial charge in [0, 0.05) is 18.5 Å². The number of carbonyl (C=O) groups excluding carboxylic acids is 1. The molecule has 2 amide bonds. The number of amides is 2. The lowest BCUT2D eigenvalue weighted by Crippen LogP contribution is -2.52. The van der Waals surface area contributed by atoms with E-state index in [1.54, 1.807) is 6.07 Å². The number of fused-ring (bicyclic) bond motifs is 1. The van der Waals surface area contributed by atoms with Gasteiger partial charge in [-0.3, -0.25) is 0 Å². The van der Waals surface area contributed by atoms with Crippen molar-refractivity contribution in [3.05, 3.63) is 41.9 Å². The van der Waals surface area contributed by atoms with Crippen LogP contribution in [0.5, 0.6) is 0 Å². The van der Waals surface area contributed by atoms with Gasteiger partial charge in [-0.25, -0.2) is 14.6 Å². The van der Waals surface area contributed by atoms with E-state index in [4.69, 9.17) is 4.42 Å². The number of urea groups is 1. The molecule has 0 aromatic carbocycles. The molecule has 3 heterocycles. The number of imidazole rings is 1. The van der Waals surface area contributed by atoms with Crippen molar-refractivity contribution in [2.45, 2.75) is 25.6 Å². The van der Waals surface area contributed by atoms with Gasteiger partial charge in [0.15, 0.2) is 0 Å². The number of hydrogen-bond acceptors (Lipinski definition) is 4. The minimum absolute atomic E-state index is 0.198. The van der Waals surface area contributed by atoms with Crippen molar-refractivity contribution in [1.29, 1.82) is 0 Å². The summed E-state index contributed by atoms with van der Waals surface area (Å²) in [7, 11) is 0. The first-order valence-corrected chi connectivity index (χ1v) is 6.44. The third-order valence-corrected chi connectivity index (χ3v) is 3.47. The first-order valence-electron chi connectivity index (χ1n) is 6.44. The average molecular weight is 290 g/mol. The number of aromatic nitrogens is 2. The number of aromatic amines is 1. The number of carbonyl (C=O) groups is 2. The van der Waals surface area contributed by atoms with Crippen LogP contribution >= 0.6 is 0 Å². The molecule has 3 rings (SSSR count). The second kappa shape index (κ2) is 5.31. The molecule has 8 nitrogen and oxygen atoms in total. The molecular formula is C13H14N4O4. The highest BCUT2D eigenvalue weighted by Crippen LogP contribution is 2.20. The molecule has 1 unspecified atom stereocenters. The molecule has 0 radical (unpaired) electrons. The lowest BCUT2D eigenvalue weighted by atomic mass is 10.0. The molecule has 3 N–H and O–H groups in total. The number of aliphatic carboxylic acids is 1. The molecule has 1 atom stereocenters. The zero-order chi connectivity index (χ0) is 14.8. The van der Waals surface area contributed by atoms with Crippen LogP contribution in [-0.4, -0.2) is 38.0 Å². The summed E-state index contributed by atoms with van der Waals surface area (Å²) < 4.78 is 4.92. The van der Waals surface area contributed by atoms with Gasteiger partial charge in [-0.15, -0.1) is 0 Å². The first-order chi connectivity index (χ1) is 10.1. The SMILES string of the molecule is O=C(O)C1Cc2nc[nH]c2CN1C(=O)NCc1ccoc1. The largest absolute Gasteiger partial charge is 0.480 e. The Balaban J connectivity index is 1.72. The minimum atomic E-state index is -1.04. The first kappa shape index (κ1) is 13.2. The summed E-state index contributed by atoms with van der Waals surface area (Å²) in [6.07, 6.45) is 4.75. The fraction of sp³-hybridized carbons (Fsp3) is 0.308. The quantitative estimate of drug-likeness (QED) is 0.771. The fourth-order valence-electron chi connectivity index (χ4n) is 2.34. The van der Waals surface area contributed by atoms with Gasteiger partial charge in [0.05, 0.1) is 36.8 Å². The lowest BCUT2D eigenvalue weighted by molar-refractivity contribution is -0.142. The summed E-state index contributed by atoms with van der Waals surface area (Å²) in [6.45, 7) is 0.484. The lowest BCUT2D eigenvalue weighted by Gasteiger charge is -2.32. The van der Waals surface area contributed by atoms with E-state index in [0.717, 1.165) is 11.3 Å².